The van der Waals surface area contributed by atoms with Crippen LogP contribution in [0.15, 0.2) is 29.1 Å². The number of fused-ring (bicyclic) bond motifs is 3. The van der Waals surface area contributed by atoms with Gasteiger partial charge in [0.1, 0.15) is 5.52 Å². The molecule has 0 aliphatic carbocycles. The van der Waals surface area contributed by atoms with Crippen molar-refractivity contribution in [2.75, 3.05) is 6.61 Å². The Morgan fingerprint density at radius 3 is 3.00 bits per heavy atom. The summed E-state index contributed by atoms with van der Waals surface area (Å²) in [4.78, 5) is 27.6. The first-order valence-electron chi connectivity index (χ1n) is 5.75. The van der Waals surface area contributed by atoms with Crippen LogP contribution in [0.1, 0.15) is 17.4 Å². The summed E-state index contributed by atoms with van der Waals surface area (Å²) in [5.74, 6) is -0.572. The number of carbonyl (C=O) groups is 1. The van der Waals surface area contributed by atoms with Gasteiger partial charge in [-0.25, -0.2) is 14.8 Å². The monoisotopic (exact) mass is 258 g/mol. The Morgan fingerprint density at radius 1 is 1.42 bits per heavy atom. The van der Waals surface area contributed by atoms with Crippen LogP contribution in [-0.4, -0.2) is 32.4 Å². The Hall–Kier alpha value is -2.70. The third-order valence-corrected chi connectivity index (χ3v) is 2.75. The molecular formula is C12H10N4O3. The largest absolute Gasteiger partial charge is 0.461 e. The molecule has 0 aliphatic rings. The fourth-order valence-electron chi connectivity index (χ4n) is 1.96. The summed E-state index contributed by atoms with van der Waals surface area (Å²) >= 11 is 0. The number of H-pyrrole nitrogens is 1. The highest BCUT2D eigenvalue weighted by Crippen LogP contribution is 2.18. The summed E-state index contributed by atoms with van der Waals surface area (Å²) in [5.41, 5.74) is 0.461. The van der Waals surface area contributed by atoms with E-state index in [1.54, 1.807) is 31.2 Å². The second-order valence-electron chi connectivity index (χ2n) is 3.88. The lowest BCUT2D eigenvalue weighted by molar-refractivity contribution is 0.0522. The highest BCUT2D eigenvalue weighted by atomic mass is 16.5. The number of hydrogen-bond donors (Lipinski definition) is 1. The molecule has 0 aliphatic heterocycles. The first kappa shape index (κ1) is 11.4. The molecule has 1 aromatic carbocycles. The number of nitrogens with zero attached hydrogens (tertiary/aromatic N) is 3. The van der Waals surface area contributed by atoms with E-state index in [4.69, 9.17) is 4.74 Å². The lowest BCUT2D eigenvalue weighted by Crippen LogP contribution is -2.17. The number of benzene rings is 1. The maximum Gasteiger partial charge on any atom is 0.368 e. The number of rotatable bonds is 2. The molecule has 3 rings (SSSR count). The van der Waals surface area contributed by atoms with Gasteiger partial charge in [-0.1, -0.05) is 18.2 Å². The summed E-state index contributed by atoms with van der Waals surface area (Å²) in [6, 6.07) is 7.06. The van der Waals surface area contributed by atoms with Gasteiger partial charge < -0.3 is 4.74 Å². The van der Waals surface area contributed by atoms with E-state index in [1.165, 1.54) is 0 Å². The van der Waals surface area contributed by atoms with Crippen LogP contribution in [0, 0.1) is 0 Å². The van der Waals surface area contributed by atoms with Crippen molar-refractivity contribution in [2.24, 2.45) is 0 Å². The first-order chi connectivity index (χ1) is 9.22. The molecule has 0 unspecified atom stereocenters. The molecule has 0 spiro atoms. The van der Waals surface area contributed by atoms with Crippen LogP contribution in [0.2, 0.25) is 0 Å². The van der Waals surface area contributed by atoms with Crippen molar-refractivity contribution in [3.63, 3.8) is 0 Å². The van der Waals surface area contributed by atoms with Gasteiger partial charge in [-0.2, -0.15) is 9.50 Å². The lowest BCUT2D eigenvalue weighted by atomic mass is 10.2. The maximum atomic E-state index is 11.8. The molecule has 7 heteroatoms. The van der Waals surface area contributed by atoms with E-state index < -0.39 is 11.7 Å². The zero-order valence-electron chi connectivity index (χ0n) is 10.1. The van der Waals surface area contributed by atoms with E-state index in [1.807, 2.05) is 0 Å². The average molecular weight is 258 g/mol. The Balaban J connectivity index is 2.43. The second-order valence-corrected chi connectivity index (χ2v) is 3.88. The van der Waals surface area contributed by atoms with Crippen molar-refractivity contribution in [1.29, 1.82) is 0 Å². The van der Waals surface area contributed by atoms with Gasteiger partial charge in [-0.05, 0) is 13.0 Å². The van der Waals surface area contributed by atoms with Crippen molar-refractivity contribution in [2.45, 2.75) is 6.92 Å². The molecule has 19 heavy (non-hydrogen) atoms. The summed E-state index contributed by atoms with van der Waals surface area (Å²) in [5, 5.41) is 6.99. The topological polar surface area (TPSA) is 89.4 Å². The van der Waals surface area contributed by atoms with Crippen molar-refractivity contribution in [3.05, 3.63) is 40.4 Å². The fourth-order valence-corrected chi connectivity index (χ4v) is 1.96. The molecule has 0 saturated carbocycles. The Labute approximate surface area is 106 Å². The minimum Gasteiger partial charge on any atom is -0.461 e. The van der Waals surface area contributed by atoms with Gasteiger partial charge in [-0.3, -0.25) is 0 Å². The standard InChI is InChI=1S/C12H10N4O3/c1-2-19-11(17)9-10-7-5-3-4-6-8(7)13-12(18)16(10)15-14-9/h3-6,15H,2H2,1H3. The molecule has 7 nitrogen and oxygen atoms in total. The Bertz CT molecular complexity index is 834. The zero-order chi connectivity index (χ0) is 13.4. The van der Waals surface area contributed by atoms with Crippen LogP contribution in [-0.2, 0) is 4.74 Å². The normalized spacial score (nSPS) is 11.0. The maximum absolute atomic E-state index is 11.8. The van der Waals surface area contributed by atoms with E-state index >= 15 is 0 Å². The van der Waals surface area contributed by atoms with E-state index in [-0.39, 0.29) is 12.3 Å². The molecule has 0 bridgehead atoms. The van der Waals surface area contributed by atoms with Gasteiger partial charge in [0.15, 0.2) is 5.69 Å². The molecule has 96 valence electrons. The van der Waals surface area contributed by atoms with Crippen molar-refractivity contribution < 1.29 is 9.53 Å². The Kier molecular flexibility index (Phi) is 2.52. The molecule has 0 atom stereocenters. The van der Waals surface area contributed by atoms with Crippen molar-refractivity contribution >= 4 is 22.4 Å². The first-order valence-corrected chi connectivity index (χ1v) is 5.75. The average Bonchev–Trinajstić information content (AvgIpc) is 2.85. The van der Waals surface area contributed by atoms with Gasteiger partial charge in [-0.15, -0.1) is 5.10 Å². The zero-order valence-corrected chi connectivity index (χ0v) is 10.1. The highest BCUT2D eigenvalue weighted by molar-refractivity contribution is 6.04. The highest BCUT2D eigenvalue weighted by Gasteiger charge is 2.19. The van der Waals surface area contributed by atoms with Gasteiger partial charge in [0.05, 0.1) is 12.1 Å². The number of para-hydroxylation sites is 1. The van der Waals surface area contributed by atoms with Crippen molar-refractivity contribution in [3.8, 4) is 0 Å². The minimum atomic E-state index is -0.572. The number of hydrogen-bond acceptors (Lipinski definition) is 5. The minimum absolute atomic E-state index is 0.0811. The molecule has 0 radical (unpaired) electrons. The molecule has 2 heterocycles. The van der Waals surface area contributed by atoms with Crippen LogP contribution < -0.4 is 5.69 Å². The number of aromatic nitrogens is 4. The van der Waals surface area contributed by atoms with Crippen LogP contribution in [0.5, 0.6) is 0 Å². The van der Waals surface area contributed by atoms with E-state index in [0.717, 1.165) is 4.52 Å². The summed E-state index contributed by atoms with van der Waals surface area (Å²) in [7, 11) is 0. The van der Waals surface area contributed by atoms with E-state index in [0.29, 0.717) is 16.4 Å². The number of aromatic amines is 1. The molecule has 1 N–H and O–H groups in total. The predicted molar refractivity (Wildman–Crippen MR) is 67.1 cm³/mol. The van der Waals surface area contributed by atoms with Crippen LogP contribution >= 0.6 is 0 Å². The van der Waals surface area contributed by atoms with E-state index in [2.05, 4.69) is 15.3 Å². The molecule has 0 fully saturated rings. The second kappa shape index (κ2) is 4.20. The Morgan fingerprint density at radius 2 is 2.21 bits per heavy atom. The van der Waals surface area contributed by atoms with Crippen LogP contribution in [0.25, 0.3) is 16.4 Å². The third kappa shape index (κ3) is 1.67. The van der Waals surface area contributed by atoms with Crippen LogP contribution in [0.3, 0.4) is 0 Å². The molecular weight excluding hydrogens is 248 g/mol. The van der Waals surface area contributed by atoms with Gasteiger partial charge in [0, 0.05) is 5.39 Å². The van der Waals surface area contributed by atoms with Crippen molar-refractivity contribution in [1.82, 2.24) is 19.8 Å². The third-order valence-electron chi connectivity index (χ3n) is 2.75. The van der Waals surface area contributed by atoms with Crippen LogP contribution in [0.4, 0.5) is 0 Å². The summed E-state index contributed by atoms with van der Waals surface area (Å²) in [6.07, 6.45) is 0. The number of esters is 1. The molecule has 3 aromatic rings. The predicted octanol–water partition coefficient (Wildman–Crippen LogP) is 0.747. The lowest BCUT2D eigenvalue weighted by Gasteiger charge is -2.01. The summed E-state index contributed by atoms with van der Waals surface area (Å²) in [6.45, 7) is 1.95. The number of nitrogens with one attached hydrogen (secondary N) is 1. The SMILES string of the molecule is CCOC(=O)c1n[nH]n2c(=O)nc3ccccc3c12. The van der Waals surface area contributed by atoms with E-state index in [9.17, 15) is 9.59 Å². The molecule has 2 aromatic heterocycles. The quantitative estimate of drug-likeness (QED) is 0.685. The number of ether oxygens (including phenoxy) is 1. The smallest absolute Gasteiger partial charge is 0.368 e. The van der Waals surface area contributed by atoms with Gasteiger partial charge >= 0.3 is 11.7 Å². The fraction of sp³-hybridized carbons (Fsp3) is 0.167. The van der Waals surface area contributed by atoms with Gasteiger partial charge in [0.25, 0.3) is 0 Å². The molecule has 0 saturated heterocycles. The van der Waals surface area contributed by atoms with Gasteiger partial charge in [0.2, 0.25) is 0 Å². The summed E-state index contributed by atoms with van der Waals surface area (Å²) < 4.78 is 6.06. The number of carbonyl (C=O) groups excluding carboxylic acids is 1. The molecule has 0 amide bonds.